The number of carbonyl (C=O) groups excluding carboxylic acids is 1. The normalized spacial score (nSPS) is 9.56. The number of methoxy groups -OCH3 is 1. The molecular weight excluding hydrogens is 432 g/mol. The summed E-state index contributed by atoms with van der Waals surface area (Å²) in [7, 11) is 1.29. The Labute approximate surface area is 202 Å². The molecule has 3 aromatic rings. The maximum Gasteiger partial charge on any atom is 0.147 e. The molecule has 3 aromatic carbocycles. The van der Waals surface area contributed by atoms with Gasteiger partial charge in [-0.1, -0.05) is 80.8 Å². The van der Waals surface area contributed by atoms with Crippen LogP contribution in [0.4, 0.5) is 8.78 Å². The van der Waals surface area contributed by atoms with E-state index in [1.165, 1.54) is 61.1 Å². The first-order chi connectivity index (χ1) is 16.4. The number of nitriles is 1. The third-order valence-electron chi connectivity index (χ3n) is 4.94. The molecule has 0 saturated heterocycles. The van der Waals surface area contributed by atoms with Crippen LogP contribution in [0.15, 0.2) is 60.7 Å². The molecule has 0 aliphatic carbocycles. The quantitative estimate of drug-likeness (QED) is 0.264. The number of carbonyl (C=O) groups is 1. The first-order valence-electron chi connectivity index (χ1n) is 11.4. The predicted molar refractivity (Wildman–Crippen MR) is 134 cm³/mol. The minimum atomic E-state index is -0.908. The molecule has 5 heteroatoms. The average Bonchev–Trinajstić information content (AvgIpc) is 2.85. The van der Waals surface area contributed by atoms with Gasteiger partial charge in [0.2, 0.25) is 0 Å². The molecule has 0 aromatic heterocycles. The minimum absolute atomic E-state index is 0.0593. The van der Waals surface area contributed by atoms with Crippen molar-refractivity contribution < 1.29 is 18.3 Å². The minimum Gasteiger partial charge on any atom is -0.497 e. The van der Waals surface area contributed by atoms with E-state index in [4.69, 9.17) is 5.26 Å². The molecule has 3 nitrogen and oxygen atoms in total. The van der Waals surface area contributed by atoms with Crippen LogP contribution in [0.3, 0.4) is 0 Å². The lowest BCUT2D eigenvalue weighted by atomic mass is 10.0. The van der Waals surface area contributed by atoms with Gasteiger partial charge in [0.25, 0.3) is 0 Å². The highest BCUT2D eigenvalue weighted by molar-refractivity contribution is 5.63. The van der Waals surface area contributed by atoms with Crippen LogP contribution in [0.1, 0.15) is 56.2 Å². The zero-order valence-corrected chi connectivity index (χ0v) is 20.4. The zero-order valence-electron chi connectivity index (χ0n) is 20.4. The molecule has 180 valence electrons. The zero-order chi connectivity index (χ0) is 25.3. The average molecular weight is 466 g/mol. The second-order valence-electron chi connectivity index (χ2n) is 7.67. The van der Waals surface area contributed by atoms with Gasteiger partial charge in [-0.2, -0.15) is 5.26 Å². The molecule has 0 radical (unpaired) electrons. The molecule has 0 spiro atoms. The number of nitrogens with zero attached hydrogens (tertiary/aromatic N) is 1. The fourth-order valence-corrected chi connectivity index (χ4v) is 2.96. The van der Waals surface area contributed by atoms with Gasteiger partial charge in [-0.15, -0.1) is 0 Å². The number of ether oxygens (including phenoxy) is 1. The van der Waals surface area contributed by atoms with Crippen LogP contribution in [0.2, 0.25) is 0 Å². The summed E-state index contributed by atoms with van der Waals surface area (Å²) in [5.74, 6) is -1.76. The Balaban J connectivity index is 0.000000312. The summed E-state index contributed by atoms with van der Waals surface area (Å²) >= 11 is 0. The molecule has 0 saturated carbocycles. The largest absolute Gasteiger partial charge is 0.497 e. The van der Waals surface area contributed by atoms with Crippen molar-refractivity contribution in [3.63, 3.8) is 0 Å². The number of hydrogen-bond acceptors (Lipinski definition) is 3. The van der Waals surface area contributed by atoms with Crippen LogP contribution in [0, 0.1) is 29.9 Å². The maximum absolute atomic E-state index is 12.8. The van der Waals surface area contributed by atoms with Gasteiger partial charge in [0.05, 0.1) is 7.11 Å². The van der Waals surface area contributed by atoms with Crippen molar-refractivity contribution in [1.29, 1.82) is 5.26 Å². The number of aldehydes is 1. The number of halogens is 2. The topological polar surface area (TPSA) is 50.1 Å². The van der Waals surface area contributed by atoms with Crippen molar-refractivity contribution in [2.75, 3.05) is 7.11 Å². The lowest BCUT2D eigenvalue weighted by Gasteiger charge is -2.05. The second kappa shape index (κ2) is 16.1. The van der Waals surface area contributed by atoms with Crippen LogP contribution < -0.4 is 4.74 Å². The van der Waals surface area contributed by atoms with E-state index in [2.05, 4.69) is 67.1 Å². The Bertz CT molecular complexity index is 1020. The van der Waals surface area contributed by atoms with Crippen LogP contribution in [-0.2, 0) is 11.2 Å². The molecule has 0 bridgehead atoms. The van der Waals surface area contributed by atoms with Gasteiger partial charge in [0.1, 0.15) is 35.3 Å². The van der Waals surface area contributed by atoms with E-state index < -0.39 is 17.2 Å². The van der Waals surface area contributed by atoms with Gasteiger partial charge >= 0.3 is 0 Å². The highest BCUT2D eigenvalue weighted by Crippen LogP contribution is 2.21. The smallest absolute Gasteiger partial charge is 0.147 e. The molecule has 0 heterocycles. The van der Waals surface area contributed by atoms with Crippen molar-refractivity contribution >= 4 is 6.29 Å². The van der Waals surface area contributed by atoms with E-state index in [0.29, 0.717) is 6.42 Å². The standard InChI is InChI=1S/C18H22.C8H5F2NO.C3H6O/c1-3-4-5-6-16-9-13-18(14-10-16)17-11-7-15(2)8-12-17;1-12-5-2-7(9)6(4-11)8(10)3-5;1-2-3-4/h7-14H,3-6H2,1-2H3;2-3H,1H3;3H,2H2,1H3. The summed E-state index contributed by atoms with van der Waals surface area (Å²) in [5.41, 5.74) is 4.81. The van der Waals surface area contributed by atoms with Crippen molar-refractivity contribution in [3.8, 4) is 22.9 Å². The fraction of sp³-hybridized carbons (Fsp3) is 0.310. The monoisotopic (exact) mass is 465 g/mol. The van der Waals surface area contributed by atoms with Crippen LogP contribution in [-0.4, -0.2) is 13.4 Å². The Morgan fingerprint density at radius 1 is 0.912 bits per heavy atom. The van der Waals surface area contributed by atoms with Gasteiger partial charge < -0.3 is 9.53 Å². The maximum atomic E-state index is 12.8. The van der Waals surface area contributed by atoms with Crippen LogP contribution in [0.25, 0.3) is 11.1 Å². The molecule has 0 atom stereocenters. The van der Waals surface area contributed by atoms with E-state index in [1.54, 1.807) is 0 Å². The first-order valence-corrected chi connectivity index (χ1v) is 11.4. The van der Waals surface area contributed by atoms with Gasteiger partial charge in [0, 0.05) is 18.6 Å². The fourth-order valence-electron chi connectivity index (χ4n) is 2.96. The molecule has 0 aliphatic heterocycles. The molecule has 0 amide bonds. The highest BCUT2D eigenvalue weighted by Gasteiger charge is 2.10. The molecule has 0 N–H and O–H groups in total. The van der Waals surface area contributed by atoms with Gasteiger partial charge in [0.15, 0.2) is 0 Å². The number of rotatable bonds is 7. The molecular formula is C29H33F2NO2. The van der Waals surface area contributed by atoms with Crippen molar-refractivity contribution in [1.82, 2.24) is 0 Å². The number of unbranched alkanes of at least 4 members (excludes halogenated alkanes) is 2. The van der Waals surface area contributed by atoms with E-state index >= 15 is 0 Å². The first kappa shape index (κ1) is 28.5. The molecule has 0 aliphatic rings. The summed E-state index contributed by atoms with van der Waals surface area (Å²) in [4.78, 5) is 9.17. The lowest BCUT2D eigenvalue weighted by molar-refractivity contribution is -0.107. The Hall–Kier alpha value is -3.52. The summed E-state index contributed by atoms with van der Waals surface area (Å²) in [6.07, 6.45) is 6.66. The highest BCUT2D eigenvalue weighted by atomic mass is 19.1. The summed E-state index contributed by atoms with van der Waals surface area (Å²) < 4.78 is 30.1. The predicted octanol–water partition coefficient (Wildman–Crippen LogP) is 7.84. The molecule has 0 fully saturated rings. The Morgan fingerprint density at radius 3 is 1.82 bits per heavy atom. The third-order valence-corrected chi connectivity index (χ3v) is 4.94. The summed E-state index contributed by atoms with van der Waals surface area (Å²) in [6.45, 7) is 6.19. The number of benzene rings is 3. The summed E-state index contributed by atoms with van der Waals surface area (Å²) in [5, 5.41) is 8.29. The van der Waals surface area contributed by atoms with E-state index in [-0.39, 0.29) is 5.75 Å². The van der Waals surface area contributed by atoms with Gasteiger partial charge in [-0.25, -0.2) is 8.78 Å². The summed E-state index contributed by atoms with van der Waals surface area (Å²) in [6, 6.07) is 21.1. The molecule has 3 rings (SSSR count). The van der Waals surface area contributed by atoms with E-state index in [0.717, 1.165) is 18.4 Å². The number of hydrogen-bond donors (Lipinski definition) is 0. The van der Waals surface area contributed by atoms with Crippen molar-refractivity contribution in [3.05, 3.63) is 89.0 Å². The van der Waals surface area contributed by atoms with Crippen LogP contribution >= 0.6 is 0 Å². The van der Waals surface area contributed by atoms with Crippen molar-refractivity contribution in [2.24, 2.45) is 0 Å². The Morgan fingerprint density at radius 2 is 1.41 bits per heavy atom. The van der Waals surface area contributed by atoms with Crippen molar-refractivity contribution in [2.45, 2.75) is 52.9 Å². The lowest BCUT2D eigenvalue weighted by Crippen LogP contribution is -1.92. The number of aryl methyl sites for hydroxylation is 2. The van der Waals surface area contributed by atoms with Crippen LogP contribution in [0.5, 0.6) is 5.75 Å². The van der Waals surface area contributed by atoms with E-state index in [9.17, 15) is 13.6 Å². The Kier molecular flexibility index (Phi) is 13.5. The molecule has 34 heavy (non-hydrogen) atoms. The van der Waals surface area contributed by atoms with Gasteiger partial charge in [-0.3, -0.25) is 0 Å². The third kappa shape index (κ3) is 9.95. The van der Waals surface area contributed by atoms with E-state index in [1.807, 2.05) is 6.92 Å². The SMILES string of the molecule is CCC=O.CCCCCc1ccc(-c2ccc(C)cc2)cc1.COc1cc(F)c(C#N)c(F)c1. The second-order valence-corrected chi connectivity index (χ2v) is 7.67. The van der Waals surface area contributed by atoms with Gasteiger partial charge in [-0.05, 0) is 36.5 Å². The molecule has 0 unspecified atom stereocenters.